The molecule has 184 valence electrons. The number of aryl methyl sites for hydroxylation is 1. The van der Waals surface area contributed by atoms with Crippen LogP contribution in [0.1, 0.15) is 35.8 Å². The maximum absolute atomic E-state index is 13.0. The van der Waals surface area contributed by atoms with Gasteiger partial charge in [0.05, 0.1) is 36.0 Å². The minimum absolute atomic E-state index is 0.178. The standard InChI is InChI=1S/C25H25ClN8O2/c1-16-20(24(31-36-16)18-4-5-22(26)28-11-18)14-34-23(35)10-19(12-30-34)32-6-8-33(9-7-32)21-13-27-15-29-25(21)17-2-3-17/h4-5,10-13,15,17H,2-3,6-9,14H2,1H3. The van der Waals surface area contributed by atoms with E-state index in [1.54, 1.807) is 30.9 Å². The summed E-state index contributed by atoms with van der Waals surface area (Å²) >= 11 is 5.91. The molecule has 0 amide bonds. The van der Waals surface area contributed by atoms with Crippen molar-refractivity contribution < 1.29 is 4.52 Å². The third-order valence-electron chi connectivity index (χ3n) is 6.82. The number of rotatable bonds is 6. The van der Waals surface area contributed by atoms with Crippen molar-refractivity contribution in [3.05, 3.63) is 75.6 Å². The molecule has 11 heteroatoms. The van der Waals surface area contributed by atoms with Gasteiger partial charge in [0.2, 0.25) is 0 Å². The summed E-state index contributed by atoms with van der Waals surface area (Å²) in [6.07, 6.45) is 9.38. The van der Waals surface area contributed by atoms with Crippen molar-refractivity contribution in [3.63, 3.8) is 0 Å². The van der Waals surface area contributed by atoms with Crippen molar-refractivity contribution >= 4 is 23.0 Å². The Hall–Kier alpha value is -3.79. The van der Waals surface area contributed by atoms with Crippen LogP contribution >= 0.6 is 11.6 Å². The van der Waals surface area contributed by atoms with Crippen LogP contribution < -0.4 is 15.4 Å². The van der Waals surface area contributed by atoms with E-state index in [1.807, 2.05) is 19.2 Å². The SMILES string of the molecule is Cc1onc(-c2ccc(Cl)nc2)c1Cn1ncc(N2CCN(c3cncnc3C3CC3)CC2)cc1=O. The highest BCUT2D eigenvalue weighted by Gasteiger charge is 2.30. The van der Waals surface area contributed by atoms with Crippen molar-refractivity contribution in [2.24, 2.45) is 0 Å². The number of hydrogen-bond donors (Lipinski definition) is 0. The lowest BCUT2D eigenvalue weighted by molar-refractivity contribution is 0.397. The van der Waals surface area contributed by atoms with E-state index < -0.39 is 0 Å². The van der Waals surface area contributed by atoms with Crippen molar-refractivity contribution in [2.75, 3.05) is 36.0 Å². The molecular weight excluding hydrogens is 480 g/mol. The summed E-state index contributed by atoms with van der Waals surface area (Å²) in [5.74, 6) is 1.20. The highest BCUT2D eigenvalue weighted by Crippen LogP contribution is 2.43. The first-order chi connectivity index (χ1) is 17.6. The predicted octanol–water partition coefficient (Wildman–Crippen LogP) is 3.30. The Morgan fingerprint density at radius 2 is 1.86 bits per heavy atom. The summed E-state index contributed by atoms with van der Waals surface area (Å²) in [7, 11) is 0. The molecule has 0 bridgehead atoms. The topological polar surface area (TPSA) is 106 Å². The Kier molecular flexibility index (Phi) is 5.88. The molecule has 6 rings (SSSR count). The van der Waals surface area contributed by atoms with Crippen molar-refractivity contribution in [1.82, 2.24) is 29.9 Å². The molecule has 2 aliphatic rings. The van der Waals surface area contributed by atoms with Gasteiger partial charge in [0.25, 0.3) is 5.56 Å². The van der Waals surface area contributed by atoms with Crippen LogP contribution in [-0.2, 0) is 6.54 Å². The van der Waals surface area contributed by atoms with Gasteiger partial charge in [-0.25, -0.2) is 19.6 Å². The number of hydrogen-bond acceptors (Lipinski definition) is 9. The fraction of sp³-hybridized carbons (Fsp3) is 0.360. The molecular formula is C25H25ClN8O2. The molecule has 4 aromatic heterocycles. The lowest BCUT2D eigenvalue weighted by Crippen LogP contribution is -2.47. The van der Waals surface area contributed by atoms with Gasteiger partial charge in [0.15, 0.2) is 0 Å². The molecule has 0 spiro atoms. The number of halogens is 1. The Balaban J connectivity index is 1.16. The summed E-state index contributed by atoms with van der Waals surface area (Å²) in [6.45, 7) is 5.34. The third-order valence-corrected chi connectivity index (χ3v) is 7.04. The average molecular weight is 505 g/mol. The zero-order chi connectivity index (χ0) is 24.6. The molecule has 4 aromatic rings. The number of aromatic nitrogens is 6. The van der Waals surface area contributed by atoms with E-state index in [0.717, 1.165) is 48.7 Å². The minimum atomic E-state index is -0.178. The van der Waals surface area contributed by atoms with Gasteiger partial charge in [-0.05, 0) is 31.9 Å². The van der Waals surface area contributed by atoms with E-state index >= 15 is 0 Å². The molecule has 1 saturated heterocycles. The zero-order valence-corrected chi connectivity index (χ0v) is 20.6. The molecule has 1 aliphatic carbocycles. The number of anilines is 2. The molecule has 1 aliphatic heterocycles. The summed E-state index contributed by atoms with van der Waals surface area (Å²) in [6, 6.07) is 5.17. The lowest BCUT2D eigenvalue weighted by atomic mass is 10.1. The molecule has 0 unspecified atom stereocenters. The van der Waals surface area contributed by atoms with Crippen LogP contribution in [0.15, 0.2) is 52.4 Å². The Labute approximate surface area is 212 Å². The monoisotopic (exact) mass is 504 g/mol. The number of nitrogens with zero attached hydrogens (tertiary/aromatic N) is 8. The first-order valence-electron chi connectivity index (χ1n) is 12.0. The van der Waals surface area contributed by atoms with Gasteiger partial charge in [-0.3, -0.25) is 4.79 Å². The third kappa shape index (κ3) is 4.44. The van der Waals surface area contributed by atoms with E-state index in [-0.39, 0.29) is 12.1 Å². The first kappa shape index (κ1) is 22.7. The summed E-state index contributed by atoms with van der Waals surface area (Å²) in [5, 5.41) is 9.02. The molecule has 2 fully saturated rings. The second kappa shape index (κ2) is 9.34. The van der Waals surface area contributed by atoms with Gasteiger partial charge in [0.1, 0.15) is 22.9 Å². The highest BCUT2D eigenvalue weighted by molar-refractivity contribution is 6.29. The van der Waals surface area contributed by atoms with Crippen LogP contribution in [0.25, 0.3) is 11.3 Å². The van der Waals surface area contributed by atoms with Crippen LogP contribution in [0.4, 0.5) is 11.4 Å². The molecule has 0 N–H and O–H groups in total. The van der Waals surface area contributed by atoms with E-state index in [9.17, 15) is 4.79 Å². The van der Waals surface area contributed by atoms with Crippen LogP contribution in [-0.4, -0.2) is 56.1 Å². The molecule has 5 heterocycles. The largest absolute Gasteiger partial charge is 0.367 e. The number of pyridine rings is 1. The van der Waals surface area contributed by atoms with Gasteiger partial charge in [-0.2, -0.15) is 5.10 Å². The molecule has 10 nitrogen and oxygen atoms in total. The molecule has 36 heavy (non-hydrogen) atoms. The average Bonchev–Trinajstić information content (AvgIpc) is 3.69. The molecule has 0 atom stereocenters. The quantitative estimate of drug-likeness (QED) is 0.365. The lowest BCUT2D eigenvalue weighted by Gasteiger charge is -2.37. The normalized spacial score (nSPS) is 15.9. The summed E-state index contributed by atoms with van der Waals surface area (Å²) in [4.78, 5) is 30.5. The smallest absolute Gasteiger partial charge is 0.269 e. The van der Waals surface area contributed by atoms with E-state index in [1.165, 1.54) is 23.2 Å². The van der Waals surface area contributed by atoms with Crippen LogP contribution in [0.5, 0.6) is 0 Å². The number of piperazine rings is 1. The first-order valence-corrected chi connectivity index (χ1v) is 12.4. The van der Waals surface area contributed by atoms with Gasteiger partial charge in [-0.1, -0.05) is 16.8 Å². The van der Waals surface area contributed by atoms with Gasteiger partial charge in [0, 0.05) is 55.5 Å². The molecule has 0 radical (unpaired) electrons. The van der Waals surface area contributed by atoms with Crippen molar-refractivity contribution in [3.8, 4) is 11.3 Å². The van der Waals surface area contributed by atoms with Crippen molar-refractivity contribution in [2.45, 2.75) is 32.2 Å². The predicted molar refractivity (Wildman–Crippen MR) is 136 cm³/mol. The Bertz CT molecular complexity index is 1440. The van der Waals surface area contributed by atoms with E-state index in [2.05, 4.69) is 35.0 Å². The maximum atomic E-state index is 13.0. The molecule has 0 aromatic carbocycles. The van der Waals surface area contributed by atoms with Crippen LogP contribution in [0.3, 0.4) is 0 Å². The fourth-order valence-corrected chi connectivity index (χ4v) is 4.75. The summed E-state index contributed by atoms with van der Waals surface area (Å²) in [5.41, 5.74) is 5.13. The van der Waals surface area contributed by atoms with Gasteiger partial charge < -0.3 is 14.3 Å². The second-order valence-corrected chi connectivity index (χ2v) is 9.57. The zero-order valence-electron chi connectivity index (χ0n) is 19.8. The summed E-state index contributed by atoms with van der Waals surface area (Å²) < 4.78 is 6.84. The highest BCUT2D eigenvalue weighted by atomic mass is 35.5. The van der Waals surface area contributed by atoms with Crippen molar-refractivity contribution in [1.29, 1.82) is 0 Å². The van der Waals surface area contributed by atoms with E-state index in [0.29, 0.717) is 22.5 Å². The van der Waals surface area contributed by atoms with Gasteiger partial charge >= 0.3 is 0 Å². The Morgan fingerprint density at radius 1 is 1.06 bits per heavy atom. The Morgan fingerprint density at radius 3 is 2.58 bits per heavy atom. The maximum Gasteiger partial charge on any atom is 0.269 e. The van der Waals surface area contributed by atoms with Crippen LogP contribution in [0.2, 0.25) is 5.15 Å². The second-order valence-electron chi connectivity index (χ2n) is 9.19. The minimum Gasteiger partial charge on any atom is -0.367 e. The molecule has 1 saturated carbocycles. The van der Waals surface area contributed by atoms with E-state index in [4.69, 9.17) is 16.1 Å². The fourth-order valence-electron chi connectivity index (χ4n) is 4.64. The van der Waals surface area contributed by atoms with Gasteiger partial charge in [-0.15, -0.1) is 0 Å². The van der Waals surface area contributed by atoms with Crippen LogP contribution in [0, 0.1) is 6.92 Å².